The Balaban J connectivity index is 2.49. The third-order valence-corrected chi connectivity index (χ3v) is 3.78. The second-order valence-corrected chi connectivity index (χ2v) is 4.70. The van der Waals surface area contributed by atoms with Crippen molar-refractivity contribution in [2.45, 2.75) is 19.5 Å². The lowest BCUT2D eigenvalue weighted by molar-refractivity contribution is -0.559. The van der Waals surface area contributed by atoms with Crippen molar-refractivity contribution in [2.24, 2.45) is 0 Å². The lowest BCUT2D eigenvalue weighted by atomic mass is 9.97. The van der Waals surface area contributed by atoms with E-state index >= 15 is 0 Å². The second kappa shape index (κ2) is 4.51. The predicted molar refractivity (Wildman–Crippen MR) is 64.8 cm³/mol. The van der Waals surface area contributed by atoms with E-state index in [1.54, 1.807) is 0 Å². The quantitative estimate of drug-likeness (QED) is 0.620. The molecule has 1 aromatic rings. The van der Waals surface area contributed by atoms with Crippen LogP contribution < -0.4 is 0 Å². The summed E-state index contributed by atoms with van der Waals surface area (Å²) < 4.78 is 0.979. The molecule has 0 saturated heterocycles. The van der Waals surface area contributed by atoms with Crippen molar-refractivity contribution in [3.8, 4) is 0 Å². The molecule has 0 fully saturated rings. The van der Waals surface area contributed by atoms with Gasteiger partial charge in [0, 0.05) is 28.0 Å². The van der Waals surface area contributed by atoms with Crippen molar-refractivity contribution < 1.29 is 4.92 Å². The van der Waals surface area contributed by atoms with E-state index in [1.807, 2.05) is 30.0 Å². The minimum absolute atomic E-state index is 0.200. The fourth-order valence-electron chi connectivity index (χ4n) is 2.23. The summed E-state index contributed by atoms with van der Waals surface area (Å²) in [7, 11) is 0. The molecule has 0 saturated carbocycles. The van der Waals surface area contributed by atoms with Gasteiger partial charge in [-0.2, -0.15) is 0 Å². The molecule has 1 unspecified atom stereocenters. The molecule has 1 atom stereocenters. The zero-order valence-corrected chi connectivity index (χ0v) is 10.6. The lowest BCUT2D eigenvalue weighted by Crippen LogP contribution is -2.39. The van der Waals surface area contributed by atoms with Crippen LogP contribution in [0.5, 0.6) is 0 Å². The molecule has 0 bridgehead atoms. The molecule has 1 aliphatic heterocycles. The minimum Gasteiger partial charge on any atom is -0.262 e. The van der Waals surface area contributed by atoms with Gasteiger partial charge < -0.3 is 0 Å². The molecule has 0 aromatic heterocycles. The number of halogens is 1. The molecule has 86 valence electrons. The summed E-state index contributed by atoms with van der Waals surface area (Å²) in [6.45, 7) is 3.41. The van der Waals surface area contributed by atoms with Gasteiger partial charge in [0.25, 0.3) is 6.17 Å². The average Bonchev–Trinajstić information content (AvgIpc) is 2.27. The summed E-state index contributed by atoms with van der Waals surface area (Å²) in [5.41, 5.74) is 1.90. The molecule has 0 amide bonds. The molecular formula is C11H13BrN2O2. The number of nitro groups is 1. The maximum Gasteiger partial charge on any atom is 0.294 e. The maximum absolute atomic E-state index is 11.1. The lowest BCUT2D eigenvalue weighted by Gasteiger charge is -2.30. The average molecular weight is 285 g/mol. The van der Waals surface area contributed by atoms with Gasteiger partial charge in [0.1, 0.15) is 0 Å². The number of benzene rings is 1. The first-order chi connectivity index (χ1) is 7.65. The zero-order chi connectivity index (χ0) is 11.7. The van der Waals surface area contributed by atoms with E-state index in [-0.39, 0.29) is 4.92 Å². The number of hydrogen-bond donors (Lipinski definition) is 0. The minimum atomic E-state index is -0.689. The van der Waals surface area contributed by atoms with Gasteiger partial charge in [-0.25, -0.2) is 4.90 Å². The van der Waals surface area contributed by atoms with Crippen LogP contribution in [0, 0.1) is 10.1 Å². The van der Waals surface area contributed by atoms with Crippen LogP contribution in [0.15, 0.2) is 22.7 Å². The molecule has 0 aliphatic carbocycles. The molecule has 2 rings (SSSR count). The third kappa shape index (κ3) is 1.85. The molecule has 0 spiro atoms. The Morgan fingerprint density at radius 2 is 2.38 bits per heavy atom. The predicted octanol–water partition coefficient (Wildman–Crippen LogP) is 2.60. The van der Waals surface area contributed by atoms with Crippen molar-refractivity contribution in [2.75, 3.05) is 13.1 Å². The largest absolute Gasteiger partial charge is 0.294 e. The van der Waals surface area contributed by atoms with Crippen LogP contribution in [-0.2, 0) is 6.42 Å². The number of rotatable bonds is 2. The maximum atomic E-state index is 11.1. The Bertz CT molecular complexity index is 422. The van der Waals surface area contributed by atoms with Crippen LogP contribution >= 0.6 is 15.9 Å². The van der Waals surface area contributed by atoms with Gasteiger partial charge in [-0.1, -0.05) is 35.0 Å². The van der Waals surface area contributed by atoms with E-state index in [0.29, 0.717) is 6.54 Å². The van der Waals surface area contributed by atoms with Gasteiger partial charge >= 0.3 is 0 Å². The summed E-state index contributed by atoms with van der Waals surface area (Å²) in [6.07, 6.45) is 0.181. The second-order valence-electron chi connectivity index (χ2n) is 3.85. The van der Waals surface area contributed by atoms with Crippen molar-refractivity contribution in [1.82, 2.24) is 4.90 Å². The Morgan fingerprint density at radius 3 is 3.00 bits per heavy atom. The summed E-state index contributed by atoms with van der Waals surface area (Å²) in [6, 6.07) is 5.66. The SMILES string of the molecule is CCN1CCc2c(Br)cccc2C1[N+](=O)[O-]. The van der Waals surface area contributed by atoms with Crippen LogP contribution in [-0.4, -0.2) is 22.9 Å². The molecule has 1 aromatic carbocycles. The molecule has 16 heavy (non-hydrogen) atoms. The molecule has 1 aliphatic rings. The van der Waals surface area contributed by atoms with Gasteiger partial charge in [0.15, 0.2) is 0 Å². The van der Waals surface area contributed by atoms with Gasteiger partial charge in [-0.05, 0) is 18.1 Å². The van der Waals surface area contributed by atoms with Gasteiger partial charge in [-0.15, -0.1) is 0 Å². The zero-order valence-electron chi connectivity index (χ0n) is 9.02. The number of fused-ring (bicyclic) bond motifs is 1. The highest BCUT2D eigenvalue weighted by atomic mass is 79.9. The van der Waals surface area contributed by atoms with E-state index in [4.69, 9.17) is 0 Å². The van der Waals surface area contributed by atoms with Crippen LogP contribution in [0.4, 0.5) is 0 Å². The number of hydrogen-bond acceptors (Lipinski definition) is 3. The molecule has 0 N–H and O–H groups in total. The van der Waals surface area contributed by atoms with E-state index in [2.05, 4.69) is 15.9 Å². The topological polar surface area (TPSA) is 46.4 Å². The van der Waals surface area contributed by atoms with Crippen molar-refractivity contribution in [1.29, 1.82) is 0 Å². The third-order valence-electron chi connectivity index (χ3n) is 3.03. The first-order valence-electron chi connectivity index (χ1n) is 5.30. The van der Waals surface area contributed by atoms with Crippen molar-refractivity contribution in [3.63, 3.8) is 0 Å². The first kappa shape index (κ1) is 11.5. The summed E-state index contributed by atoms with van der Waals surface area (Å²) in [4.78, 5) is 12.8. The van der Waals surface area contributed by atoms with Crippen LogP contribution in [0.2, 0.25) is 0 Å². The summed E-state index contributed by atoms with van der Waals surface area (Å²) in [5, 5.41) is 11.1. The Labute approximate surface area is 103 Å². The molecular weight excluding hydrogens is 272 g/mol. The van der Waals surface area contributed by atoms with Crippen LogP contribution in [0.3, 0.4) is 0 Å². The molecule has 4 nitrogen and oxygen atoms in total. The van der Waals surface area contributed by atoms with E-state index in [9.17, 15) is 10.1 Å². The highest BCUT2D eigenvalue weighted by Gasteiger charge is 2.35. The van der Waals surface area contributed by atoms with Gasteiger partial charge in [0.05, 0.1) is 0 Å². The molecule has 5 heteroatoms. The Hall–Kier alpha value is -0.940. The molecule has 0 radical (unpaired) electrons. The van der Waals surface area contributed by atoms with Crippen molar-refractivity contribution in [3.05, 3.63) is 43.9 Å². The standard InChI is InChI=1S/C11H13BrN2O2/c1-2-13-7-6-8-9(11(13)14(15)16)4-3-5-10(8)12/h3-5,11H,2,6-7H2,1H3. The van der Waals surface area contributed by atoms with Gasteiger partial charge in [-0.3, -0.25) is 10.1 Å². The first-order valence-corrected chi connectivity index (χ1v) is 6.09. The summed E-state index contributed by atoms with van der Waals surface area (Å²) >= 11 is 3.46. The molecule has 1 heterocycles. The van der Waals surface area contributed by atoms with Gasteiger partial charge in [0.2, 0.25) is 0 Å². The Kier molecular flexibility index (Phi) is 3.25. The Morgan fingerprint density at radius 1 is 1.62 bits per heavy atom. The van der Waals surface area contributed by atoms with E-state index in [0.717, 1.165) is 28.6 Å². The fourth-order valence-corrected chi connectivity index (χ4v) is 2.81. The number of nitrogens with zero attached hydrogens (tertiary/aromatic N) is 2. The summed E-state index contributed by atoms with van der Waals surface area (Å²) in [5.74, 6) is 0. The van der Waals surface area contributed by atoms with Crippen molar-refractivity contribution >= 4 is 15.9 Å². The number of likely N-dealkylation sites (N-methyl/N-ethyl adjacent to an activating group) is 1. The smallest absolute Gasteiger partial charge is 0.262 e. The van der Waals surface area contributed by atoms with Crippen LogP contribution in [0.25, 0.3) is 0 Å². The highest BCUT2D eigenvalue weighted by Crippen LogP contribution is 2.33. The fraction of sp³-hybridized carbons (Fsp3) is 0.455. The monoisotopic (exact) mass is 284 g/mol. The van der Waals surface area contributed by atoms with E-state index in [1.165, 1.54) is 0 Å². The van der Waals surface area contributed by atoms with E-state index < -0.39 is 6.17 Å². The normalized spacial score (nSPS) is 20.5. The van der Waals surface area contributed by atoms with Crippen LogP contribution in [0.1, 0.15) is 24.2 Å². The highest BCUT2D eigenvalue weighted by molar-refractivity contribution is 9.10.